The molecule has 0 spiro atoms. The third-order valence-electron chi connectivity index (χ3n) is 6.89. The van der Waals surface area contributed by atoms with Crippen LogP contribution in [0.15, 0.2) is 36.4 Å². The number of aryl methyl sites for hydroxylation is 1. The molecule has 4 rings (SSSR count). The van der Waals surface area contributed by atoms with Crippen LogP contribution in [0.3, 0.4) is 0 Å². The Bertz CT molecular complexity index is 955. The number of benzene rings is 2. The second-order valence-electron chi connectivity index (χ2n) is 8.89. The number of rotatable bonds is 3. The molecule has 0 heterocycles. The van der Waals surface area contributed by atoms with Gasteiger partial charge in [0.2, 0.25) is 0 Å². The SMILES string of the molecule is CCOC1CCC2CC(c3ccc(C#Cc4ccc(C)cc4F)c(F)c3)CCC2C1. The number of fused-ring (bicyclic) bond motifs is 1. The van der Waals surface area contributed by atoms with Gasteiger partial charge in [-0.2, -0.15) is 0 Å². The molecule has 1 nitrogen and oxygen atoms in total. The molecule has 4 atom stereocenters. The topological polar surface area (TPSA) is 9.23 Å². The van der Waals surface area contributed by atoms with Gasteiger partial charge in [-0.15, -0.1) is 0 Å². The van der Waals surface area contributed by atoms with E-state index in [4.69, 9.17) is 4.74 Å². The van der Waals surface area contributed by atoms with Crippen LogP contribution in [0.4, 0.5) is 8.78 Å². The summed E-state index contributed by atoms with van der Waals surface area (Å²) in [5.74, 6) is 6.80. The van der Waals surface area contributed by atoms with Crippen molar-refractivity contribution in [2.75, 3.05) is 6.61 Å². The molecule has 0 saturated heterocycles. The van der Waals surface area contributed by atoms with E-state index < -0.39 is 0 Å². The molecule has 2 aromatic rings. The molecular weight excluding hydrogens is 378 g/mol. The van der Waals surface area contributed by atoms with Crippen LogP contribution in [0.1, 0.15) is 73.6 Å². The Morgan fingerprint density at radius 1 is 0.867 bits per heavy atom. The Hall–Kier alpha value is -2.18. The van der Waals surface area contributed by atoms with Gasteiger partial charge in [0.25, 0.3) is 0 Å². The van der Waals surface area contributed by atoms with Crippen molar-refractivity contribution in [3.8, 4) is 11.8 Å². The van der Waals surface area contributed by atoms with Gasteiger partial charge in [0.15, 0.2) is 0 Å². The van der Waals surface area contributed by atoms with Gasteiger partial charge in [-0.25, -0.2) is 8.78 Å². The van der Waals surface area contributed by atoms with Gasteiger partial charge < -0.3 is 4.74 Å². The number of hydrogen-bond donors (Lipinski definition) is 0. The van der Waals surface area contributed by atoms with Crippen LogP contribution in [-0.4, -0.2) is 12.7 Å². The van der Waals surface area contributed by atoms with Crippen LogP contribution in [-0.2, 0) is 4.74 Å². The van der Waals surface area contributed by atoms with Crippen molar-refractivity contribution >= 4 is 0 Å². The molecule has 0 bridgehead atoms. The third-order valence-corrected chi connectivity index (χ3v) is 6.89. The predicted molar refractivity (Wildman–Crippen MR) is 116 cm³/mol. The minimum atomic E-state index is -0.365. The lowest BCUT2D eigenvalue weighted by Gasteiger charge is -2.42. The van der Waals surface area contributed by atoms with Gasteiger partial charge in [0.1, 0.15) is 11.6 Å². The van der Waals surface area contributed by atoms with E-state index in [2.05, 4.69) is 18.8 Å². The lowest BCUT2D eigenvalue weighted by molar-refractivity contribution is -0.00956. The van der Waals surface area contributed by atoms with Gasteiger partial charge >= 0.3 is 0 Å². The van der Waals surface area contributed by atoms with Crippen LogP contribution < -0.4 is 0 Å². The summed E-state index contributed by atoms with van der Waals surface area (Å²) in [6.45, 7) is 4.70. The van der Waals surface area contributed by atoms with Crippen LogP contribution >= 0.6 is 0 Å². The molecule has 30 heavy (non-hydrogen) atoms. The first kappa shape index (κ1) is 21.1. The maximum Gasteiger partial charge on any atom is 0.139 e. The molecular formula is C27H30F2O. The van der Waals surface area contributed by atoms with Crippen molar-refractivity contribution in [1.29, 1.82) is 0 Å². The molecule has 158 valence electrons. The van der Waals surface area contributed by atoms with Gasteiger partial charge in [0.05, 0.1) is 17.2 Å². The fourth-order valence-corrected chi connectivity index (χ4v) is 5.28. The Morgan fingerprint density at radius 3 is 2.23 bits per heavy atom. The Labute approximate surface area is 178 Å². The molecule has 4 unspecified atom stereocenters. The van der Waals surface area contributed by atoms with Crippen molar-refractivity contribution < 1.29 is 13.5 Å². The zero-order valence-corrected chi connectivity index (χ0v) is 17.9. The Morgan fingerprint density at radius 2 is 1.53 bits per heavy atom. The molecule has 2 saturated carbocycles. The highest BCUT2D eigenvalue weighted by Gasteiger charge is 2.36. The van der Waals surface area contributed by atoms with Crippen molar-refractivity contribution in [3.05, 3.63) is 70.3 Å². The fraction of sp³-hybridized carbons (Fsp3) is 0.481. The first-order valence-corrected chi connectivity index (χ1v) is 11.2. The van der Waals surface area contributed by atoms with Gasteiger partial charge in [-0.1, -0.05) is 24.0 Å². The summed E-state index contributed by atoms with van der Waals surface area (Å²) >= 11 is 0. The molecule has 2 aliphatic carbocycles. The second-order valence-corrected chi connectivity index (χ2v) is 8.89. The van der Waals surface area contributed by atoms with E-state index >= 15 is 0 Å². The molecule has 2 aromatic carbocycles. The van der Waals surface area contributed by atoms with Crippen molar-refractivity contribution in [2.45, 2.75) is 64.4 Å². The number of hydrogen-bond acceptors (Lipinski definition) is 1. The van der Waals surface area contributed by atoms with Crippen LogP contribution in [0.5, 0.6) is 0 Å². The number of halogens is 2. The maximum atomic E-state index is 14.7. The van der Waals surface area contributed by atoms with E-state index in [-0.39, 0.29) is 11.6 Å². The largest absolute Gasteiger partial charge is 0.378 e. The standard InChI is InChI=1S/C27H30F2O/c1-3-30-25-13-12-22-15-21(10-11-23(22)16-25)24-9-8-20(27(29)17-24)7-6-19-5-4-18(2)14-26(19)28/h4-5,8-9,14,17,21-23,25H,3,10-13,15-16H2,1-2H3. The van der Waals surface area contributed by atoms with E-state index in [1.807, 2.05) is 19.1 Å². The minimum Gasteiger partial charge on any atom is -0.378 e. The Balaban J connectivity index is 1.44. The summed E-state index contributed by atoms with van der Waals surface area (Å²) in [6.07, 6.45) is 7.45. The predicted octanol–water partition coefficient (Wildman–Crippen LogP) is 6.76. The normalized spacial score (nSPS) is 25.9. The van der Waals surface area contributed by atoms with Crippen molar-refractivity contribution in [1.82, 2.24) is 0 Å². The first-order valence-electron chi connectivity index (χ1n) is 11.2. The lowest BCUT2D eigenvalue weighted by Crippen LogP contribution is -2.33. The Kier molecular flexibility index (Phi) is 6.54. The summed E-state index contributed by atoms with van der Waals surface area (Å²) in [5.41, 5.74) is 2.54. The fourth-order valence-electron chi connectivity index (χ4n) is 5.28. The zero-order valence-electron chi connectivity index (χ0n) is 17.9. The highest BCUT2D eigenvalue weighted by atomic mass is 19.1. The first-order chi connectivity index (χ1) is 14.5. The molecule has 2 fully saturated rings. The highest BCUT2D eigenvalue weighted by Crippen LogP contribution is 2.46. The smallest absolute Gasteiger partial charge is 0.139 e. The molecule has 3 heteroatoms. The van der Waals surface area contributed by atoms with Gasteiger partial charge in [-0.05, 0) is 106 Å². The molecule has 0 aromatic heterocycles. The summed E-state index contributed by atoms with van der Waals surface area (Å²) in [6, 6.07) is 10.3. The molecule has 0 aliphatic heterocycles. The second kappa shape index (κ2) is 9.31. The summed E-state index contributed by atoms with van der Waals surface area (Å²) in [4.78, 5) is 0. The average Bonchev–Trinajstić information content (AvgIpc) is 2.74. The van der Waals surface area contributed by atoms with E-state index in [1.165, 1.54) is 25.3 Å². The quantitative estimate of drug-likeness (QED) is 0.510. The zero-order chi connectivity index (χ0) is 21.1. The van der Waals surface area contributed by atoms with E-state index in [0.717, 1.165) is 48.8 Å². The van der Waals surface area contributed by atoms with Crippen molar-refractivity contribution in [2.24, 2.45) is 11.8 Å². The van der Waals surface area contributed by atoms with E-state index in [0.29, 0.717) is 23.1 Å². The van der Waals surface area contributed by atoms with Crippen LogP contribution in [0.25, 0.3) is 0 Å². The maximum absolute atomic E-state index is 14.7. The molecule has 2 aliphatic rings. The summed E-state index contributed by atoms with van der Waals surface area (Å²) in [5, 5.41) is 0. The third kappa shape index (κ3) is 4.76. The van der Waals surface area contributed by atoms with Crippen LogP contribution in [0.2, 0.25) is 0 Å². The summed E-state index contributed by atoms with van der Waals surface area (Å²) in [7, 11) is 0. The monoisotopic (exact) mass is 408 g/mol. The van der Waals surface area contributed by atoms with Gasteiger partial charge in [0, 0.05) is 6.61 Å². The number of ether oxygens (including phenoxy) is 1. The highest BCUT2D eigenvalue weighted by molar-refractivity contribution is 5.45. The minimum absolute atomic E-state index is 0.296. The van der Waals surface area contributed by atoms with E-state index in [9.17, 15) is 8.78 Å². The molecule has 0 amide bonds. The van der Waals surface area contributed by atoms with Crippen molar-refractivity contribution in [3.63, 3.8) is 0 Å². The lowest BCUT2D eigenvalue weighted by atomic mass is 9.65. The van der Waals surface area contributed by atoms with E-state index in [1.54, 1.807) is 18.2 Å². The van der Waals surface area contributed by atoms with Gasteiger partial charge in [-0.3, -0.25) is 0 Å². The summed E-state index contributed by atoms with van der Waals surface area (Å²) < 4.78 is 34.5. The molecule has 0 radical (unpaired) electrons. The molecule has 0 N–H and O–H groups in total. The van der Waals surface area contributed by atoms with Crippen LogP contribution in [0, 0.1) is 42.2 Å². The average molecular weight is 409 g/mol.